The summed E-state index contributed by atoms with van der Waals surface area (Å²) < 4.78 is 5.55. The Morgan fingerprint density at radius 1 is 1.29 bits per heavy atom. The molecule has 2 N–H and O–H groups in total. The van der Waals surface area contributed by atoms with E-state index >= 15 is 0 Å². The van der Waals surface area contributed by atoms with Crippen LogP contribution in [0.1, 0.15) is 46.5 Å². The van der Waals surface area contributed by atoms with Crippen molar-refractivity contribution in [2.24, 2.45) is 0 Å². The highest BCUT2D eigenvalue weighted by molar-refractivity contribution is 5.82. The summed E-state index contributed by atoms with van der Waals surface area (Å²) in [6.07, 6.45) is 4.80. The van der Waals surface area contributed by atoms with Crippen molar-refractivity contribution in [2.45, 2.75) is 70.6 Å². The number of carbonyl (C=O) groups is 1. The molecule has 1 heterocycles. The van der Waals surface area contributed by atoms with Gasteiger partial charge in [0.1, 0.15) is 6.04 Å². The molecule has 2 rings (SSSR count). The monoisotopic (exact) mass is 297 g/mol. The molecule has 0 aromatic heterocycles. The summed E-state index contributed by atoms with van der Waals surface area (Å²) in [6.45, 7) is 9.39. The van der Waals surface area contributed by atoms with Gasteiger partial charge in [0.2, 0.25) is 5.91 Å². The molecular weight excluding hydrogens is 266 g/mol. The molecule has 122 valence electrons. The maximum absolute atomic E-state index is 12.4. The van der Waals surface area contributed by atoms with Crippen molar-refractivity contribution < 1.29 is 9.53 Å². The molecule has 5 nitrogen and oxygen atoms in total. The van der Waals surface area contributed by atoms with Crippen LogP contribution in [0.2, 0.25) is 0 Å². The van der Waals surface area contributed by atoms with Crippen LogP contribution in [-0.2, 0) is 9.53 Å². The topological polar surface area (TPSA) is 53.6 Å². The van der Waals surface area contributed by atoms with E-state index in [1.807, 2.05) is 13.8 Å². The third kappa shape index (κ3) is 4.66. The molecule has 5 heteroatoms. The second kappa shape index (κ2) is 8.11. The summed E-state index contributed by atoms with van der Waals surface area (Å²) >= 11 is 0. The first-order valence-corrected chi connectivity index (χ1v) is 8.49. The van der Waals surface area contributed by atoms with Crippen LogP contribution in [0.15, 0.2) is 0 Å². The van der Waals surface area contributed by atoms with Crippen LogP contribution in [0.3, 0.4) is 0 Å². The smallest absolute Gasteiger partial charge is 0.239 e. The van der Waals surface area contributed by atoms with E-state index in [1.165, 1.54) is 25.7 Å². The molecule has 0 spiro atoms. The van der Waals surface area contributed by atoms with Gasteiger partial charge in [-0.2, -0.15) is 0 Å². The largest absolute Gasteiger partial charge is 0.378 e. The van der Waals surface area contributed by atoms with Crippen LogP contribution in [0, 0.1) is 0 Å². The van der Waals surface area contributed by atoms with Crippen LogP contribution >= 0.6 is 0 Å². The molecule has 1 aliphatic carbocycles. The molecule has 2 fully saturated rings. The summed E-state index contributed by atoms with van der Waals surface area (Å²) in [5, 5.41) is 6.58. The molecule has 1 saturated heterocycles. The van der Waals surface area contributed by atoms with E-state index in [1.54, 1.807) is 0 Å². The van der Waals surface area contributed by atoms with Crippen molar-refractivity contribution in [2.75, 3.05) is 26.3 Å². The molecule has 1 atom stereocenters. The van der Waals surface area contributed by atoms with Gasteiger partial charge in [-0.05, 0) is 46.1 Å². The summed E-state index contributed by atoms with van der Waals surface area (Å²) in [6, 6.07) is 1.27. The second-order valence-corrected chi connectivity index (χ2v) is 6.55. The number of hydrogen-bond acceptors (Lipinski definition) is 4. The lowest BCUT2D eigenvalue weighted by molar-refractivity contribution is -0.135. The molecule has 0 aromatic carbocycles. The second-order valence-electron chi connectivity index (χ2n) is 6.55. The molecular formula is C16H31N3O2. The average Bonchev–Trinajstić information content (AvgIpc) is 2.48. The van der Waals surface area contributed by atoms with Crippen molar-refractivity contribution in [3.05, 3.63) is 0 Å². The van der Waals surface area contributed by atoms with Gasteiger partial charge in [0.15, 0.2) is 0 Å². The fraction of sp³-hybridized carbons (Fsp3) is 0.938. The first kappa shape index (κ1) is 16.7. The minimum absolute atomic E-state index is 0.109. The molecule has 21 heavy (non-hydrogen) atoms. The van der Waals surface area contributed by atoms with E-state index in [0.29, 0.717) is 18.7 Å². The number of nitrogens with one attached hydrogen (secondary N) is 2. The predicted octanol–water partition coefficient (Wildman–Crippen LogP) is 1.13. The number of rotatable bonds is 5. The van der Waals surface area contributed by atoms with Crippen molar-refractivity contribution in [1.82, 2.24) is 15.5 Å². The first-order chi connectivity index (χ1) is 10.1. The zero-order chi connectivity index (χ0) is 15.2. The van der Waals surface area contributed by atoms with Gasteiger partial charge < -0.3 is 15.4 Å². The van der Waals surface area contributed by atoms with E-state index in [-0.39, 0.29) is 18.0 Å². The van der Waals surface area contributed by atoms with Gasteiger partial charge in [-0.1, -0.05) is 6.92 Å². The third-order valence-corrected chi connectivity index (χ3v) is 4.56. The molecule has 1 unspecified atom stereocenters. The highest BCUT2D eigenvalue weighted by Crippen LogP contribution is 2.26. The minimum Gasteiger partial charge on any atom is -0.378 e. The van der Waals surface area contributed by atoms with Crippen molar-refractivity contribution in [3.8, 4) is 0 Å². The van der Waals surface area contributed by atoms with Crippen LogP contribution in [0.5, 0.6) is 0 Å². The Morgan fingerprint density at radius 2 is 2.00 bits per heavy atom. The standard InChI is InChI=1S/C16H31N3O2/c1-4-17-13-5-7-14(8-6-13)19-9-10-21-11-15(19)16(20)18-12(2)3/h12-15,17H,4-11H2,1-3H3,(H,18,20). The maximum atomic E-state index is 12.4. The SMILES string of the molecule is CCNC1CCC(N2CCOCC2C(=O)NC(C)C)CC1. The Morgan fingerprint density at radius 3 is 2.62 bits per heavy atom. The fourth-order valence-corrected chi connectivity index (χ4v) is 3.56. The molecule has 1 aliphatic heterocycles. The predicted molar refractivity (Wildman–Crippen MR) is 84.3 cm³/mol. The van der Waals surface area contributed by atoms with Gasteiger partial charge in [-0.25, -0.2) is 0 Å². The van der Waals surface area contributed by atoms with Crippen LogP contribution in [0.25, 0.3) is 0 Å². The third-order valence-electron chi connectivity index (χ3n) is 4.56. The van der Waals surface area contributed by atoms with E-state index in [4.69, 9.17) is 4.74 Å². The number of nitrogens with zero attached hydrogens (tertiary/aromatic N) is 1. The minimum atomic E-state index is -0.109. The van der Waals surface area contributed by atoms with Crippen molar-refractivity contribution in [1.29, 1.82) is 0 Å². The Labute approximate surface area is 128 Å². The lowest BCUT2D eigenvalue weighted by Gasteiger charge is -2.43. The Kier molecular flexibility index (Phi) is 6.45. The number of ether oxygens (including phenoxy) is 1. The zero-order valence-electron chi connectivity index (χ0n) is 13.7. The maximum Gasteiger partial charge on any atom is 0.239 e. The number of carbonyl (C=O) groups excluding carboxylic acids is 1. The summed E-state index contributed by atoms with van der Waals surface area (Å²) in [5.41, 5.74) is 0. The van der Waals surface area contributed by atoms with E-state index in [2.05, 4.69) is 22.5 Å². The van der Waals surface area contributed by atoms with E-state index in [0.717, 1.165) is 19.7 Å². The Balaban J connectivity index is 1.91. The van der Waals surface area contributed by atoms with Crippen LogP contribution in [-0.4, -0.2) is 61.3 Å². The van der Waals surface area contributed by atoms with Gasteiger partial charge in [0, 0.05) is 24.7 Å². The normalized spacial score (nSPS) is 31.3. The van der Waals surface area contributed by atoms with Crippen molar-refractivity contribution >= 4 is 5.91 Å². The van der Waals surface area contributed by atoms with Gasteiger partial charge in [-0.15, -0.1) is 0 Å². The quantitative estimate of drug-likeness (QED) is 0.799. The van der Waals surface area contributed by atoms with Crippen LogP contribution < -0.4 is 10.6 Å². The number of morpholine rings is 1. The van der Waals surface area contributed by atoms with E-state index in [9.17, 15) is 4.79 Å². The Bertz CT molecular complexity index is 327. The lowest BCUT2D eigenvalue weighted by atomic mass is 9.89. The highest BCUT2D eigenvalue weighted by atomic mass is 16.5. The molecule has 0 radical (unpaired) electrons. The van der Waals surface area contributed by atoms with Crippen molar-refractivity contribution in [3.63, 3.8) is 0 Å². The molecule has 1 saturated carbocycles. The summed E-state index contributed by atoms with van der Waals surface area (Å²) in [5.74, 6) is 0.124. The molecule has 2 aliphatic rings. The van der Waals surface area contributed by atoms with E-state index < -0.39 is 0 Å². The number of amides is 1. The lowest BCUT2D eigenvalue weighted by Crippen LogP contribution is -2.58. The van der Waals surface area contributed by atoms with Gasteiger partial charge in [0.25, 0.3) is 0 Å². The Hall–Kier alpha value is -0.650. The first-order valence-electron chi connectivity index (χ1n) is 8.49. The molecule has 0 bridgehead atoms. The molecule has 1 amide bonds. The van der Waals surface area contributed by atoms with Crippen LogP contribution in [0.4, 0.5) is 0 Å². The molecule has 0 aromatic rings. The zero-order valence-corrected chi connectivity index (χ0v) is 13.7. The van der Waals surface area contributed by atoms with Gasteiger partial charge >= 0.3 is 0 Å². The van der Waals surface area contributed by atoms with Gasteiger partial charge in [-0.3, -0.25) is 9.69 Å². The summed E-state index contributed by atoms with van der Waals surface area (Å²) in [4.78, 5) is 14.8. The number of hydrogen-bond donors (Lipinski definition) is 2. The fourth-order valence-electron chi connectivity index (χ4n) is 3.56. The van der Waals surface area contributed by atoms with Gasteiger partial charge in [0.05, 0.1) is 13.2 Å². The average molecular weight is 297 g/mol. The highest BCUT2D eigenvalue weighted by Gasteiger charge is 2.35. The summed E-state index contributed by atoms with van der Waals surface area (Å²) in [7, 11) is 0.